The van der Waals surface area contributed by atoms with E-state index in [0.29, 0.717) is 0 Å². The number of sulfone groups is 1. The highest BCUT2D eigenvalue weighted by molar-refractivity contribution is 7.91. The Morgan fingerprint density at radius 2 is 1.57 bits per heavy atom. The normalized spacial score (nSPS) is 13.1. The SMILES string of the molecule is O=S(=O)(CCCCl)CCCC(F)(F)F. The van der Waals surface area contributed by atoms with Gasteiger partial charge >= 0.3 is 6.18 Å². The van der Waals surface area contributed by atoms with Gasteiger partial charge in [0.2, 0.25) is 0 Å². The van der Waals surface area contributed by atoms with Gasteiger partial charge in [0.05, 0.1) is 11.5 Å². The second-order valence-corrected chi connectivity index (χ2v) is 5.59. The maximum Gasteiger partial charge on any atom is 0.389 e. The molecule has 0 saturated heterocycles. The van der Waals surface area contributed by atoms with Gasteiger partial charge in [-0.2, -0.15) is 13.2 Å². The van der Waals surface area contributed by atoms with Crippen molar-refractivity contribution in [1.82, 2.24) is 0 Å². The van der Waals surface area contributed by atoms with E-state index in [1.807, 2.05) is 0 Å². The van der Waals surface area contributed by atoms with Crippen LogP contribution in [-0.2, 0) is 9.84 Å². The van der Waals surface area contributed by atoms with Crippen molar-refractivity contribution in [1.29, 1.82) is 0 Å². The molecule has 0 bridgehead atoms. The van der Waals surface area contributed by atoms with E-state index in [1.165, 1.54) is 0 Å². The average molecular weight is 253 g/mol. The Balaban J connectivity index is 3.78. The fourth-order valence-corrected chi connectivity index (χ4v) is 2.53. The van der Waals surface area contributed by atoms with Crippen LogP contribution in [0.1, 0.15) is 19.3 Å². The zero-order chi connectivity index (χ0) is 11.2. The summed E-state index contributed by atoms with van der Waals surface area (Å²) in [5.41, 5.74) is 0. The monoisotopic (exact) mass is 252 g/mol. The van der Waals surface area contributed by atoms with Crippen molar-refractivity contribution in [2.24, 2.45) is 0 Å². The van der Waals surface area contributed by atoms with Crippen LogP contribution in [0.25, 0.3) is 0 Å². The Morgan fingerprint density at radius 3 is 2.00 bits per heavy atom. The van der Waals surface area contributed by atoms with Crippen LogP contribution in [0, 0.1) is 0 Å². The predicted octanol–water partition coefficient (Wildman–Crippen LogP) is 2.37. The van der Waals surface area contributed by atoms with E-state index in [2.05, 4.69) is 0 Å². The minimum Gasteiger partial charge on any atom is -0.229 e. The third-order valence-corrected chi connectivity index (χ3v) is 3.59. The lowest BCUT2D eigenvalue weighted by atomic mass is 10.3. The van der Waals surface area contributed by atoms with Crippen molar-refractivity contribution in [2.45, 2.75) is 25.4 Å². The quantitative estimate of drug-likeness (QED) is 0.680. The zero-order valence-electron chi connectivity index (χ0n) is 7.48. The molecule has 14 heavy (non-hydrogen) atoms. The molecule has 0 aromatic rings. The van der Waals surface area contributed by atoms with Gasteiger partial charge in [-0.3, -0.25) is 0 Å². The lowest BCUT2D eigenvalue weighted by Gasteiger charge is -2.06. The van der Waals surface area contributed by atoms with Gasteiger partial charge in [0.25, 0.3) is 0 Å². The van der Waals surface area contributed by atoms with Crippen LogP contribution < -0.4 is 0 Å². The lowest BCUT2D eigenvalue weighted by molar-refractivity contribution is -0.134. The Kier molecular flexibility index (Phi) is 5.81. The molecule has 0 saturated carbocycles. The molecule has 0 amide bonds. The minimum atomic E-state index is -4.28. The van der Waals surface area contributed by atoms with Crippen molar-refractivity contribution < 1.29 is 21.6 Å². The summed E-state index contributed by atoms with van der Waals surface area (Å²) in [5.74, 6) is -0.337. The predicted molar refractivity (Wildman–Crippen MR) is 49.3 cm³/mol. The highest BCUT2D eigenvalue weighted by Gasteiger charge is 2.27. The second kappa shape index (κ2) is 5.80. The van der Waals surface area contributed by atoms with E-state index in [4.69, 9.17) is 11.6 Å². The maximum absolute atomic E-state index is 11.7. The average Bonchev–Trinajstić information content (AvgIpc) is 1.98. The van der Waals surface area contributed by atoms with Crippen LogP contribution in [0.2, 0.25) is 0 Å². The van der Waals surface area contributed by atoms with Gasteiger partial charge in [-0.25, -0.2) is 8.42 Å². The van der Waals surface area contributed by atoms with Gasteiger partial charge in [0.1, 0.15) is 9.84 Å². The molecule has 86 valence electrons. The van der Waals surface area contributed by atoms with Crippen molar-refractivity contribution in [2.75, 3.05) is 17.4 Å². The molecule has 0 rings (SSSR count). The molecule has 0 atom stereocenters. The third kappa shape index (κ3) is 8.62. The molecule has 0 aliphatic heterocycles. The maximum atomic E-state index is 11.7. The topological polar surface area (TPSA) is 34.1 Å². The Morgan fingerprint density at radius 1 is 1.07 bits per heavy atom. The molecule has 7 heteroatoms. The summed E-state index contributed by atoms with van der Waals surface area (Å²) in [6.45, 7) is 0. The molecule has 0 heterocycles. The smallest absolute Gasteiger partial charge is 0.229 e. The molecule has 2 nitrogen and oxygen atoms in total. The Labute approximate surface area is 86.4 Å². The van der Waals surface area contributed by atoms with E-state index >= 15 is 0 Å². The van der Waals surface area contributed by atoms with E-state index in [9.17, 15) is 21.6 Å². The Hall–Kier alpha value is 0.0300. The number of alkyl halides is 4. The van der Waals surface area contributed by atoms with Crippen molar-refractivity contribution in [3.8, 4) is 0 Å². The lowest BCUT2D eigenvalue weighted by Crippen LogP contribution is -2.15. The molecule has 0 radical (unpaired) electrons. The summed E-state index contributed by atoms with van der Waals surface area (Å²) >= 11 is 5.27. The highest BCUT2D eigenvalue weighted by Crippen LogP contribution is 2.21. The summed E-state index contributed by atoms with van der Waals surface area (Å²) in [6.07, 6.45) is -5.40. The second-order valence-electron chi connectivity index (χ2n) is 2.91. The van der Waals surface area contributed by atoms with Gasteiger partial charge < -0.3 is 0 Å². The van der Waals surface area contributed by atoms with Gasteiger partial charge in [-0.15, -0.1) is 11.6 Å². The van der Waals surface area contributed by atoms with Gasteiger partial charge in [0, 0.05) is 12.3 Å². The first-order valence-electron chi connectivity index (χ1n) is 4.10. The van der Waals surface area contributed by atoms with Crippen LogP contribution in [0.5, 0.6) is 0 Å². The molecular weight excluding hydrogens is 241 g/mol. The van der Waals surface area contributed by atoms with E-state index in [-0.39, 0.29) is 24.5 Å². The number of hydrogen-bond donors (Lipinski definition) is 0. The van der Waals surface area contributed by atoms with Gasteiger partial charge in [-0.05, 0) is 12.8 Å². The van der Waals surface area contributed by atoms with Crippen LogP contribution in [0.4, 0.5) is 13.2 Å². The van der Waals surface area contributed by atoms with Crippen molar-refractivity contribution in [3.63, 3.8) is 0 Å². The van der Waals surface area contributed by atoms with Crippen LogP contribution in [0.3, 0.4) is 0 Å². The van der Waals surface area contributed by atoms with E-state index < -0.39 is 28.2 Å². The molecule has 0 aliphatic rings. The first kappa shape index (κ1) is 14.0. The molecule has 0 aromatic carbocycles. The molecular formula is C7H12ClF3O2S. The molecule has 0 aliphatic carbocycles. The largest absolute Gasteiger partial charge is 0.389 e. The summed E-state index contributed by atoms with van der Waals surface area (Å²) in [7, 11) is -3.35. The zero-order valence-corrected chi connectivity index (χ0v) is 9.05. The van der Waals surface area contributed by atoms with Crippen molar-refractivity contribution >= 4 is 21.4 Å². The molecule has 0 spiro atoms. The molecule has 0 fully saturated rings. The Bertz CT molecular complexity index is 248. The standard InChI is InChI=1S/C7H12ClF3O2S/c8-4-2-6-14(12,13)5-1-3-7(9,10)11/h1-6H2. The number of rotatable bonds is 6. The first-order chi connectivity index (χ1) is 6.27. The molecule has 0 aromatic heterocycles. The van der Waals surface area contributed by atoms with Crippen LogP contribution in [-0.4, -0.2) is 32.0 Å². The summed E-state index contributed by atoms with van der Waals surface area (Å²) in [4.78, 5) is 0. The van der Waals surface area contributed by atoms with Crippen molar-refractivity contribution in [3.05, 3.63) is 0 Å². The van der Waals surface area contributed by atoms with Gasteiger partial charge in [0.15, 0.2) is 0 Å². The third-order valence-electron chi connectivity index (χ3n) is 1.50. The van der Waals surface area contributed by atoms with E-state index in [1.54, 1.807) is 0 Å². The molecule has 0 N–H and O–H groups in total. The fraction of sp³-hybridized carbons (Fsp3) is 1.00. The highest BCUT2D eigenvalue weighted by atomic mass is 35.5. The number of halogens is 4. The van der Waals surface area contributed by atoms with E-state index in [0.717, 1.165) is 0 Å². The minimum absolute atomic E-state index is 0.131. The summed E-state index contributed by atoms with van der Waals surface area (Å²) in [6, 6.07) is 0. The van der Waals surface area contributed by atoms with Crippen LogP contribution in [0.15, 0.2) is 0 Å². The number of hydrogen-bond acceptors (Lipinski definition) is 2. The summed E-state index contributed by atoms with van der Waals surface area (Å²) in [5, 5.41) is 0. The molecule has 0 unspecified atom stereocenters. The fourth-order valence-electron chi connectivity index (χ4n) is 0.869. The van der Waals surface area contributed by atoms with Crippen LogP contribution >= 0.6 is 11.6 Å². The van der Waals surface area contributed by atoms with Gasteiger partial charge in [-0.1, -0.05) is 0 Å². The first-order valence-corrected chi connectivity index (χ1v) is 6.45. The summed E-state index contributed by atoms with van der Waals surface area (Å²) < 4.78 is 57.1.